The quantitative estimate of drug-likeness (QED) is 0.839. The number of alkyl halides is 1. The molecule has 7 heteroatoms. The lowest BCUT2D eigenvalue weighted by Crippen LogP contribution is -2.35. The summed E-state index contributed by atoms with van der Waals surface area (Å²) in [6.45, 7) is 3.98. The topological polar surface area (TPSA) is 46.2 Å². The van der Waals surface area contributed by atoms with Crippen molar-refractivity contribution in [2.45, 2.75) is 18.7 Å². The van der Waals surface area contributed by atoms with Crippen LogP contribution >= 0.6 is 34.8 Å². The Kier molecular flexibility index (Phi) is 5.32. The second-order valence-corrected chi connectivity index (χ2v) is 7.63. The molecule has 1 N–H and O–H groups in total. The molecule has 102 valence electrons. The normalized spacial score (nSPS) is 12.7. The zero-order chi connectivity index (χ0) is 14.0. The van der Waals surface area contributed by atoms with Crippen LogP contribution in [-0.4, -0.2) is 20.8 Å². The third-order valence-corrected chi connectivity index (χ3v) is 4.79. The highest BCUT2D eigenvalue weighted by Crippen LogP contribution is 2.23. The number of rotatable bonds is 5. The summed E-state index contributed by atoms with van der Waals surface area (Å²) in [5, 5.41) is 0.555. The number of halogens is 3. The monoisotopic (exact) mass is 329 g/mol. The molecule has 0 saturated heterocycles. The lowest BCUT2D eigenvalue weighted by Gasteiger charge is -2.21. The van der Waals surface area contributed by atoms with Crippen LogP contribution in [0.5, 0.6) is 0 Å². The molecule has 0 aliphatic heterocycles. The highest BCUT2D eigenvalue weighted by Gasteiger charge is 2.22. The SMILES string of the molecule is CC(C)(CCl)CNS(=O)(=O)c1cc(Cl)cc(Cl)c1. The molecule has 3 nitrogen and oxygen atoms in total. The van der Waals surface area contributed by atoms with E-state index in [1.165, 1.54) is 18.2 Å². The largest absolute Gasteiger partial charge is 0.240 e. The molecular weight excluding hydrogens is 317 g/mol. The molecule has 0 heterocycles. The molecule has 18 heavy (non-hydrogen) atoms. The Morgan fingerprint density at radius 2 is 1.67 bits per heavy atom. The molecule has 1 aromatic carbocycles. The Morgan fingerprint density at radius 1 is 1.17 bits per heavy atom. The Labute approximate surface area is 122 Å². The molecule has 1 aromatic rings. The van der Waals surface area contributed by atoms with Crippen LogP contribution in [0.25, 0.3) is 0 Å². The van der Waals surface area contributed by atoms with E-state index in [1.54, 1.807) is 0 Å². The molecule has 0 aliphatic rings. The van der Waals surface area contributed by atoms with Crippen molar-refractivity contribution in [2.75, 3.05) is 12.4 Å². The van der Waals surface area contributed by atoms with Crippen LogP contribution in [0, 0.1) is 5.41 Å². The molecule has 0 radical (unpaired) electrons. The van der Waals surface area contributed by atoms with Gasteiger partial charge in [-0.25, -0.2) is 13.1 Å². The smallest absolute Gasteiger partial charge is 0.211 e. The van der Waals surface area contributed by atoms with Crippen LogP contribution in [0.3, 0.4) is 0 Å². The Bertz CT molecular complexity index is 509. The van der Waals surface area contributed by atoms with E-state index < -0.39 is 10.0 Å². The van der Waals surface area contributed by atoms with Gasteiger partial charge in [-0.3, -0.25) is 0 Å². The number of benzene rings is 1. The van der Waals surface area contributed by atoms with Gasteiger partial charge < -0.3 is 0 Å². The summed E-state index contributed by atoms with van der Waals surface area (Å²) >= 11 is 17.3. The van der Waals surface area contributed by atoms with Crippen molar-refractivity contribution >= 4 is 44.8 Å². The van der Waals surface area contributed by atoms with Gasteiger partial charge in [-0.15, -0.1) is 11.6 Å². The first-order valence-corrected chi connectivity index (χ1v) is 7.95. The molecule has 0 unspecified atom stereocenters. The van der Waals surface area contributed by atoms with Gasteiger partial charge >= 0.3 is 0 Å². The maximum atomic E-state index is 12.0. The average molecular weight is 331 g/mol. The first-order valence-electron chi connectivity index (χ1n) is 5.18. The molecule has 0 spiro atoms. The first kappa shape index (κ1) is 16.1. The van der Waals surface area contributed by atoms with E-state index in [-0.39, 0.29) is 26.9 Å². The van der Waals surface area contributed by atoms with Crippen molar-refractivity contribution in [2.24, 2.45) is 5.41 Å². The van der Waals surface area contributed by atoms with Crippen LogP contribution in [0.4, 0.5) is 0 Å². The third kappa shape index (κ3) is 4.59. The highest BCUT2D eigenvalue weighted by atomic mass is 35.5. The van der Waals surface area contributed by atoms with Crippen molar-refractivity contribution in [3.05, 3.63) is 28.2 Å². The predicted molar refractivity (Wildman–Crippen MR) is 76.2 cm³/mol. The van der Waals surface area contributed by atoms with Crippen molar-refractivity contribution in [1.29, 1.82) is 0 Å². The molecule has 1 rings (SSSR count). The minimum absolute atomic E-state index is 0.0466. The van der Waals surface area contributed by atoms with Crippen molar-refractivity contribution < 1.29 is 8.42 Å². The summed E-state index contributed by atoms with van der Waals surface area (Å²) in [7, 11) is -3.63. The standard InChI is InChI=1S/C11H14Cl3NO2S/c1-11(2,6-12)7-15-18(16,17)10-4-8(13)3-9(14)5-10/h3-5,15H,6-7H2,1-2H3. The van der Waals surface area contributed by atoms with E-state index in [4.69, 9.17) is 34.8 Å². The van der Waals surface area contributed by atoms with Gasteiger partial charge in [0.25, 0.3) is 0 Å². The Morgan fingerprint density at radius 3 is 2.11 bits per heavy atom. The molecule has 0 aliphatic carbocycles. The number of hydrogen-bond donors (Lipinski definition) is 1. The third-order valence-electron chi connectivity index (χ3n) is 2.25. The molecule has 0 fully saturated rings. The van der Waals surface area contributed by atoms with Gasteiger partial charge in [0.2, 0.25) is 10.0 Å². The molecule has 0 saturated carbocycles. The lowest BCUT2D eigenvalue weighted by atomic mass is 9.97. The van der Waals surface area contributed by atoms with Gasteiger partial charge in [-0.2, -0.15) is 0 Å². The molecule has 0 amide bonds. The van der Waals surface area contributed by atoms with Gasteiger partial charge in [0, 0.05) is 22.5 Å². The maximum Gasteiger partial charge on any atom is 0.240 e. The van der Waals surface area contributed by atoms with Crippen LogP contribution in [0.1, 0.15) is 13.8 Å². The fraction of sp³-hybridized carbons (Fsp3) is 0.455. The minimum atomic E-state index is -3.63. The molecule has 0 aromatic heterocycles. The molecule has 0 bridgehead atoms. The average Bonchev–Trinajstić information content (AvgIpc) is 2.25. The minimum Gasteiger partial charge on any atom is -0.211 e. The number of nitrogens with one attached hydrogen (secondary N) is 1. The summed E-state index contributed by atoms with van der Waals surface area (Å²) in [5.41, 5.74) is -0.322. The van der Waals surface area contributed by atoms with Crippen LogP contribution in [0.15, 0.2) is 23.1 Å². The van der Waals surface area contributed by atoms with Crippen molar-refractivity contribution in [1.82, 2.24) is 4.72 Å². The van der Waals surface area contributed by atoms with E-state index in [0.717, 1.165) is 0 Å². The fourth-order valence-corrected chi connectivity index (χ4v) is 3.17. The second kappa shape index (κ2) is 5.97. The summed E-state index contributed by atoms with van der Waals surface area (Å²) in [6, 6.07) is 4.18. The van der Waals surface area contributed by atoms with Crippen molar-refractivity contribution in [3.8, 4) is 0 Å². The maximum absolute atomic E-state index is 12.0. The van der Waals surface area contributed by atoms with E-state index >= 15 is 0 Å². The van der Waals surface area contributed by atoms with Crippen molar-refractivity contribution in [3.63, 3.8) is 0 Å². The van der Waals surface area contributed by atoms with E-state index in [0.29, 0.717) is 5.88 Å². The lowest BCUT2D eigenvalue weighted by molar-refractivity contribution is 0.414. The number of hydrogen-bond acceptors (Lipinski definition) is 2. The van der Waals surface area contributed by atoms with E-state index in [2.05, 4.69) is 4.72 Å². The van der Waals surface area contributed by atoms with Crippen LogP contribution < -0.4 is 4.72 Å². The first-order chi connectivity index (χ1) is 8.16. The van der Waals surface area contributed by atoms with Gasteiger partial charge in [-0.1, -0.05) is 37.0 Å². The van der Waals surface area contributed by atoms with Gasteiger partial charge in [-0.05, 0) is 23.6 Å². The Balaban J connectivity index is 2.93. The summed E-state index contributed by atoms with van der Waals surface area (Å²) in [6.07, 6.45) is 0. The Hall–Kier alpha value is -0.000000000000000111. The molecular formula is C11H14Cl3NO2S. The van der Waals surface area contributed by atoms with Gasteiger partial charge in [0.15, 0.2) is 0 Å². The number of sulfonamides is 1. The second-order valence-electron chi connectivity index (χ2n) is 4.73. The summed E-state index contributed by atoms with van der Waals surface area (Å²) < 4.78 is 26.5. The van der Waals surface area contributed by atoms with Gasteiger partial charge in [0.05, 0.1) is 4.90 Å². The van der Waals surface area contributed by atoms with Crippen LogP contribution in [-0.2, 0) is 10.0 Å². The highest BCUT2D eigenvalue weighted by molar-refractivity contribution is 7.89. The summed E-state index contributed by atoms with van der Waals surface area (Å²) in [5.74, 6) is 0.353. The zero-order valence-electron chi connectivity index (χ0n) is 10.0. The van der Waals surface area contributed by atoms with Crippen LogP contribution in [0.2, 0.25) is 10.0 Å². The molecule has 0 atom stereocenters. The summed E-state index contributed by atoms with van der Waals surface area (Å²) in [4.78, 5) is 0.0466. The van der Waals surface area contributed by atoms with E-state index in [1.807, 2.05) is 13.8 Å². The fourth-order valence-electron chi connectivity index (χ4n) is 1.10. The van der Waals surface area contributed by atoms with E-state index in [9.17, 15) is 8.42 Å². The predicted octanol–water partition coefficient (Wildman–Crippen LogP) is 3.54. The van der Waals surface area contributed by atoms with Gasteiger partial charge in [0.1, 0.15) is 0 Å². The zero-order valence-corrected chi connectivity index (χ0v) is 13.1.